The molecule has 3 atom stereocenters. The zero-order valence-electron chi connectivity index (χ0n) is 38.6. The molecule has 0 saturated carbocycles. The van der Waals surface area contributed by atoms with Gasteiger partial charge in [-0.05, 0) is 38.5 Å². The van der Waals surface area contributed by atoms with Crippen molar-refractivity contribution in [2.75, 3.05) is 40.9 Å². The summed E-state index contributed by atoms with van der Waals surface area (Å²) in [4.78, 5) is 25.4. The molecule has 0 saturated heterocycles. The van der Waals surface area contributed by atoms with Crippen LogP contribution in [0.15, 0.2) is 12.2 Å². The lowest BCUT2D eigenvalue weighted by atomic mass is 10.0. The monoisotopic (exact) mass is 829 g/mol. The van der Waals surface area contributed by atoms with Gasteiger partial charge in [0.2, 0.25) is 5.91 Å². The van der Waals surface area contributed by atoms with Crippen LogP contribution in [0.3, 0.4) is 0 Å². The molecule has 0 heterocycles. The van der Waals surface area contributed by atoms with E-state index in [1.807, 2.05) is 21.1 Å². The van der Waals surface area contributed by atoms with E-state index < -0.39 is 20.0 Å². The molecule has 0 aliphatic carbocycles. The first kappa shape index (κ1) is 56.2. The molecule has 57 heavy (non-hydrogen) atoms. The average molecular weight is 829 g/mol. The zero-order chi connectivity index (χ0) is 42.1. The van der Waals surface area contributed by atoms with Crippen molar-refractivity contribution in [1.29, 1.82) is 0 Å². The number of unbranched alkanes of at least 4 members (excludes halogenated alkanes) is 30. The number of aliphatic hydroxyl groups is 1. The predicted molar refractivity (Wildman–Crippen MR) is 242 cm³/mol. The van der Waals surface area contributed by atoms with Gasteiger partial charge >= 0.3 is 0 Å². The molecule has 0 aliphatic rings. The Morgan fingerprint density at radius 2 is 0.965 bits per heavy atom. The number of quaternary nitrogens is 1. The fourth-order valence-corrected chi connectivity index (χ4v) is 8.05. The summed E-state index contributed by atoms with van der Waals surface area (Å²) in [6, 6.07) is -0.801. The molecular formula is C48H97N2O6P. The van der Waals surface area contributed by atoms with E-state index in [4.69, 9.17) is 9.05 Å². The normalized spacial score (nSPS) is 14.3. The SMILES string of the molecule is CCCCCCCCC/C=C\CCCCCCCC(=O)NC(COP(=O)([O-])OCC[N+](C)(C)C)C(O)CCCCCCCCCCCCCCCCCCCCC. The molecule has 0 aromatic carbocycles. The van der Waals surface area contributed by atoms with Crippen molar-refractivity contribution in [3.63, 3.8) is 0 Å². The quantitative estimate of drug-likeness (QED) is 0.0274. The van der Waals surface area contributed by atoms with Gasteiger partial charge in [-0.15, -0.1) is 0 Å². The minimum Gasteiger partial charge on any atom is -0.756 e. The van der Waals surface area contributed by atoms with Crippen molar-refractivity contribution >= 4 is 13.7 Å². The third-order valence-electron chi connectivity index (χ3n) is 11.3. The Labute approximate surface area is 354 Å². The first-order valence-corrected chi connectivity index (χ1v) is 26.0. The zero-order valence-corrected chi connectivity index (χ0v) is 39.5. The lowest BCUT2D eigenvalue weighted by Crippen LogP contribution is -2.46. The fourth-order valence-electron chi connectivity index (χ4n) is 7.33. The van der Waals surface area contributed by atoms with E-state index in [-0.39, 0.29) is 19.1 Å². The number of carbonyl (C=O) groups is 1. The second-order valence-corrected chi connectivity index (χ2v) is 19.6. The van der Waals surface area contributed by atoms with Crippen LogP contribution >= 0.6 is 7.82 Å². The van der Waals surface area contributed by atoms with Crippen molar-refractivity contribution in [3.05, 3.63) is 12.2 Å². The molecule has 340 valence electrons. The van der Waals surface area contributed by atoms with E-state index in [1.165, 1.54) is 161 Å². The first-order valence-electron chi connectivity index (χ1n) is 24.5. The largest absolute Gasteiger partial charge is 0.756 e. The van der Waals surface area contributed by atoms with E-state index in [9.17, 15) is 19.4 Å². The number of carbonyl (C=O) groups excluding carboxylic acids is 1. The minimum absolute atomic E-state index is 0.0127. The summed E-state index contributed by atoms with van der Waals surface area (Å²) in [5.74, 6) is -0.171. The number of amides is 1. The molecule has 8 nitrogen and oxygen atoms in total. The van der Waals surface area contributed by atoms with Crippen LogP contribution in [0, 0.1) is 0 Å². The lowest BCUT2D eigenvalue weighted by molar-refractivity contribution is -0.870. The number of hydrogen-bond acceptors (Lipinski definition) is 6. The molecule has 0 bridgehead atoms. The van der Waals surface area contributed by atoms with Crippen LogP contribution in [0.1, 0.15) is 239 Å². The molecule has 0 aromatic rings. The van der Waals surface area contributed by atoms with Crippen molar-refractivity contribution in [2.24, 2.45) is 0 Å². The summed E-state index contributed by atoms with van der Waals surface area (Å²) in [7, 11) is 1.31. The van der Waals surface area contributed by atoms with E-state index >= 15 is 0 Å². The third-order valence-corrected chi connectivity index (χ3v) is 12.2. The standard InChI is InChI=1S/C48H97N2O6P/c1-6-8-10-12-14-16-18-20-22-24-25-26-27-29-31-33-35-37-39-41-47(51)46(45-56-57(53,54)55-44-43-50(3,4)5)49-48(52)42-40-38-36-34-32-30-28-23-21-19-17-15-13-11-9-7-2/h23,28,46-47,51H,6-22,24-27,29-45H2,1-5H3,(H-,49,52,53,54)/b28-23-. The van der Waals surface area contributed by atoms with Crippen molar-refractivity contribution in [2.45, 2.75) is 251 Å². The van der Waals surface area contributed by atoms with Crippen LogP contribution in [-0.2, 0) is 18.4 Å². The summed E-state index contributed by atoms with van der Waals surface area (Å²) in [5, 5.41) is 13.9. The Morgan fingerprint density at radius 3 is 1.37 bits per heavy atom. The van der Waals surface area contributed by atoms with E-state index in [0.29, 0.717) is 23.9 Å². The number of rotatable bonds is 45. The lowest BCUT2D eigenvalue weighted by Gasteiger charge is -2.30. The topological polar surface area (TPSA) is 108 Å². The summed E-state index contributed by atoms with van der Waals surface area (Å²) in [6.07, 6.45) is 46.4. The van der Waals surface area contributed by atoms with Gasteiger partial charge in [0, 0.05) is 6.42 Å². The fraction of sp³-hybridized carbons (Fsp3) is 0.938. The molecule has 1 amide bonds. The second-order valence-electron chi connectivity index (χ2n) is 18.2. The third kappa shape index (κ3) is 43.1. The van der Waals surface area contributed by atoms with Crippen LogP contribution < -0.4 is 10.2 Å². The number of phosphoric ester groups is 1. The van der Waals surface area contributed by atoms with Crippen molar-refractivity contribution in [3.8, 4) is 0 Å². The molecule has 0 spiro atoms. The van der Waals surface area contributed by atoms with Gasteiger partial charge in [0.15, 0.2) is 0 Å². The highest BCUT2D eigenvalue weighted by molar-refractivity contribution is 7.45. The van der Waals surface area contributed by atoms with Crippen LogP contribution in [0.4, 0.5) is 0 Å². The maximum Gasteiger partial charge on any atom is 0.268 e. The Morgan fingerprint density at radius 1 is 0.596 bits per heavy atom. The smallest absolute Gasteiger partial charge is 0.268 e. The molecule has 0 aliphatic heterocycles. The average Bonchev–Trinajstić information content (AvgIpc) is 3.16. The van der Waals surface area contributed by atoms with Crippen LogP contribution in [0.25, 0.3) is 0 Å². The molecule has 2 N–H and O–H groups in total. The van der Waals surface area contributed by atoms with Crippen LogP contribution in [0.2, 0.25) is 0 Å². The number of nitrogens with one attached hydrogen (secondary N) is 1. The van der Waals surface area contributed by atoms with Gasteiger partial charge in [-0.25, -0.2) is 0 Å². The molecule has 0 radical (unpaired) electrons. The van der Waals surface area contributed by atoms with Gasteiger partial charge in [0.25, 0.3) is 7.82 Å². The van der Waals surface area contributed by atoms with Gasteiger partial charge in [0.1, 0.15) is 13.2 Å². The predicted octanol–water partition coefficient (Wildman–Crippen LogP) is 13.3. The highest BCUT2D eigenvalue weighted by Gasteiger charge is 2.24. The summed E-state index contributed by atoms with van der Waals surface area (Å²) in [5.41, 5.74) is 0. The number of phosphoric acid groups is 1. The number of allylic oxidation sites excluding steroid dienone is 2. The number of hydrogen-bond donors (Lipinski definition) is 2. The van der Waals surface area contributed by atoms with Gasteiger partial charge in [-0.2, -0.15) is 0 Å². The number of likely N-dealkylation sites (N-methyl/N-ethyl adjacent to an activating group) is 1. The Balaban J connectivity index is 4.29. The van der Waals surface area contributed by atoms with Gasteiger partial charge < -0.3 is 28.8 Å². The van der Waals surface area contributed by atoms with Crippen LogP contribution in [-0.4, -0.2) is 68.5 Å². The van der Waals surface area contributed by atoms with Gasteiger partial charge in [0.05, 0.1) is 39.9 Å². The Kier molecular flexibility index (Phi) is 40.1. The highest BCUT2D eigenvalue weighted by Crippen LogP contribution is 2.38. The summed E-state index contributed by atoms with van der Waals surface area (Å²) >= 11 is 0. The second kappa shape index (κ2) is 40.6. The maximum absolute atomic E-state index is 12.9. The van der Waals surface area contributed by atoms with Crippen LogP contribution in [0.5, 0.6) is 0 Å². The first-order chi connectivity index (χ1) is 27.5. The molecule has 9 heteroatoms. The Hall–Kier alpha value is -0.760. The molecular weight excluding hydrogens is 732 g/mol. The number of aliphatic hydroxyl groups excluding tert-OH is 1. The van der Waals surface area contributed by atoms with E-state index in [0.717, 1.165) is 51.4 Å². The van der Waals surface area contributed by atoms with E-state index in [2.05, 4.69) is 31.3 Å². The van der Waals surface area contributed by atoms with Crippen molar-refractivity contribution in [1.82, 2.24) is 5.32 Å². The van der Waals surface area contributed by atoms with Gasteiger partial charge in [-0.1, -0.05) is 206 Å². The Bertz CT molecular complexity index is 942. The number of nitrogens with zero attached hydrogens (tertiary/aromatic N) is 1. The minimum atomic E-state index is -4.56. The van der Waals surface area contributed by atoms with Crippen molar-refractivity contribution < 1.29 is 32.9 Å². The maximum atomic E-state index is 12.9. The molecule has 0 rings (SSSR count). The molecule has 3 unspecified atom stereocenters. The molecule has 0 aromatic heterocycles. The summed E-state index contributed by atoms with van der Waals surface area (Å²) < 4.78 is 23.3. The van der Waals surface area contributed by atoms with Gasteiger partial charge in [-0.3, -0.25) is 9.36 Å². The van der Waals surface area contributed by atoms with E-state index in [1.54, 1.807) is 0 Å². The molecule has 0 fully saturated rings. The highest BCUT2D eigenvalue weighted by atomic mass is 31.2. The summed E-state index contributed by atoms with van der Waals surface area (Å²) in [6.45, 7) is 4.73.